The van der Waals surface area contributed by atoms with Gasteiger partial charge >= 0.3 is 0 Å². The molecule has 1 saturated heterocycles. The van der Waals surface area contributed by atoms with Gasteiger partial charge in [0, 0.05) is 24.0 Å². The normalized spacial score (nSPS) is 15.4. The Kier molecular flexibility index (Phi) is 3.71. The molecule has 110 valence electrons. The second-order valence-electron chi connectivity index (χ2n) is 4.26. The van der Waals surface area contributed by atoms with Crippen LogP contribution in [-0.2, 0) is 19.7 Å². The zero-order chi connectivity index (χ0) is 15.8. The van der Waals surface area contributed by atoms with Crippen molar-refractivity contribution in [1.82, 2.24) is 0 Å². The number of benzene rings is 1. The van der Waals surface area contributed by atoms with E-state index in [1.807, 2.05) is 0 Å². The number of rotatable bonds is 4. The van der Waals surface area contributed by atoms with E-state index in [9.17, 15) is 32.1 Å². The van der Waals surface area contributed by atoms with Gasteiger partial charge in [-0.15, -0.1) is 0 Å². The summed E-state index contributed by atoms with van der Waals surface area (Å²) >= 11 is 0. The number of hydrogen-bond donors (Lipinski definition) is 1. The van der Waals surface area contributed by atoms with Crippen molar-refractivity contribution >= 4 is 40.2 Å². The average molecular weight is 311 g/mol. The highest BCUT2D eigenvalue weighted by Crippen LogP contribution is 2.34. The lowest BCUT2D eigenvalue weighted by atomic mass is 10.1. The minimum atomic E-state index is -4.93. The third-order valence-electron chi connectivity index (χ3n) is 2.98. The van der Waals surface area contributed by atoms with Gasteiger partial charge in [-0.3, -0.25) is 23.7 Å². The second kappa shape index (κ2) is 5.19. The van der Waals surface area contributed by atoms with Crippen LogP contribution < -0.4 is 4.90 Å². The largest absolute Gasteiger partial charge is 0.298 e. The lowest BCUT2D eigenvalue weighted by Crippen LogP contribution is -2.31. The zero-order valence-electron chi connectivity index (χ0n) is 10.5. The van der Waals surface area contributed by atoms with Crippen molar-refractivity contribution in [3.8, 4) is 0 Å². The van der Waals surface area contributed by atoms with Crippen LogP contribution in [0.3, 0.4) is 0 Å². The van der Waals surface area contributed by atoms with E-state index in [0.29, 0.717) is 4.90 Å². The fourth-order valence-electron chi connectivity index (χ4n) is 2.12. The van der Waals surface area contributed by atoms with Gasteiger partial charge in [0.25, 0.3) is 10.1 Å². The molecule has 8 nitrogen and oxygen atoms in total. The number of carbonyl (C=O) groups excluding carboxylic acids is 4. The van der Waals surface area contributed by atoms with Gasteiger partial charge in [0.2, 0.25) is 11.8 Å². The van der Waals surface area contributed by atoms with Crippen LogP contribution in [0, 0.1) is 0 Å². The first-order valence-corrected chi connectivity index (χ1v) is 7.16. The summed E-state index contributed by atoms with van der Waals surface area (Å²) in [7, 11) is -4.93. The lowest BCUT2D eigenvalue weighted by Gasteiger charge is -2.19. The van der Waals surface area contributed by atoms with E-state index in [1.165, 1.54) is 0 Å². The smallest absolute Gasteiger partial charge is 0.297 e. The molecular weight excluding hydrogens is 302 g/mol. The Hall–Kier alpha value is -2.39. The molecule has 1 aromatic carbocycles. The minimum Gasteiger partial charge on any atom is -0.298 e. The minimum absolute atomic E-state index is 0.145. The van der Waals surface area contributed by atoms with E-state index in [1.54, 1.807) is 0 Å². The molecule has 0 saturated carbocycles. The number of amides is 2. The quantitative estimate of drug-likeness (QED) is 0.478. The van der Waals surface area contributed by atoms with E-state index in [0.717, 1.165) is 12.1 Å². The Morgan fingerprint density at radius 2 is 1.48 bits per heavy atom. The van der Waals surface area contributed by atoms with Gasteiger partial charge in [-0.2, -0.15) is 8.42 Å². The summed E-state index contributed by atoms with van der Waals surface area (Å²) in [6.07, 6.45) is 0.0877. The maximum atomic E-state index is 11.8. The summed E-state index contributed by atoms with van der Waals surface area (Å²) < 4.78 is 32.3. The molecule has 0 aromatic heterocycles. The number of anilines is 1. The van der Waals surface area contributed by atoms with Gasteiger partial charge in [-0.25, -0.2) is 4.90 Å². The predicted octanol–water partition coefficient (Wildman–Crippen LogP) is 0.212. The van der Waals surface area contributed by atoms with Gasteiger partial charge in [0.15, 0.2) is 12.6 Å². The van der Waals surface area contributed by atoms with Gasteiger partial charge < -0.3 is 0 Å². The van der Waals surface area contributed by atoms with Crippen LogP contribution in [0.5, 0.6) is 0 Å². The molecule has 21 heavy (non-hydrogen) atoms. The molecular formula is C12H9NO7S. The first kappa shape index (κ1) is 15.0. The van der Waals surface area contributed by atoms with Crippen molar-refractivity contribution in [3.05, 3.63) is 23.3 Å². The molecule has 1 aliphatic heterocycles. The fourth-order valence-corrected chi connectivity index (χ4v) is 2.99. The highest BCUT2D eigenvalue weighted by atomic mass is 32.2. The average Bonchev–Trinajstić information content (AvgIpc) is 2.75. The standard InChI is InChI=1S/C12H9NO7S/c14-5-7-1-2-8(6-15)12(21(18,19)20)11(7)13-9(16)3-4-10(13)17/h1-2,5-6H,3-4H2,(H,18,19,20). The van der Waals surface area contributed by atoms with Crippen LogP contribution in [0.25, 0.3) is 0 Å². The summed E-state index contributed by atoms with van der Waals surface area (Å²) in [4.78, 5) is 45.1. The molecule has 0 spiro atoms. The Morgan fingerprint density at radius 1 is 1.00 bits per heavy atom. The maximum Gasteiger partial charge on any atom is 0.297 e. The maximum absolute atomic E-state index is 11.8. The molecule has 9 heteroatoms. The lowest BCUT2D eigenvalue weighted by molar-refractivity contribution is -0.121. The van der Waals surface area contributed by atoms with Crippen molar-refractivity contribution < 1.29 is 32.1 Å². The Labute approximate surface area is 119 Å². The van der Waals surface area contributed by atoms with Gasteiger partial charge in [0.05, 0.1) is 5.69 Å². The molecule has 1 aliphatic rings. The molecule has 0 unspecified atom stereocenters. The highest BCUT2D eigenvalue weighted by Gasteiger charge is 2.37. The molecule has 1 N–H and O–H groups in total. The molecule has 0 atom stereocenters. The summed E-state index contributed by atoms with van der Waals surface area (Å²) in [5.74, 6) is -1.42. The van der Waals surface area contributed by atoms with Gasteiger partial charge in [0.1, 0.15) is 4.90 Å². The van der Waals surface area contributed by atoms with Crippen molar-refractivity contribution in [3.63, 3.8) is 0 Å². The first-order chi connectivity index (χ1) is 9.81. The van der Waals surface area contributed by atoms with Crippen LogP contribution in [0.2, 0.25) is 0 Å². The van der Waals surface area contributed by atoms with Crippen molar-refractivity contribution in [2.75, 3.05) is 4.90 Å². The monoisotopic (exact) mass is 311 g/mol. The van der Waals surface area contributed by atoms with Crippen LogP contribution in [0.1, 0.15) is 33.6 Å². The van der Waals surface area contributed by atoms with Crippen molar-refractivity contribution in [2.45, 2.75) is 17.7 Å². The number of nitrogens with zero attached hydrogens (tertiary/aromatic N) is 1. The van der Waals surface area contributed by atoms with E-state index in [-0.39, 0.29) is 31.0 Å². The third kappa shape index (κ3) is 2.48. The van der Waals surface area contributed by atoms with Crippen LogP contribution >= 0.6 is 0 Å². The molecule has 0 aliphatic carbocycles. The highest BCUT2D eigenvalue weighted by molar-refractivity contribution is 7.86. The number of hydrogen-bond acceptors (Lipinski definition) is 6. The molecule has 1 heterocycles. The summed E-state index contributed by atoms with van der Waals surface area (Å²) in [6.45, 7) is 0. The predicted molar refractivity (Wildman–Crippen MR) is 68.8 cm³/mol. The summed E-state index contributed by atoms with van der Waals surface area (Å²) in [5.41, 5.74) is -1.33. The molecule has 1 fully saturated rings. The van der Waals surface area contributed by atoms with E-state index in [2.05, 4.69) is 0 Å². The Balaban J connectivity index is 2.90. The van der Waals surface area contributed by atoms with Crippen LogP contribution in [0.15, 0.2) is 17.0 Å². The van der Waals surface area contributed by atoms with Gasteiger partial charge in [-0.1, -0.05) is 0 Å². The second-order valence-corrected chi connectivity index (χ2v) is 5.61. The van der Waals surface area contributed by atoms with E-state index in [4.69, 9.17) is 0 Å². The molecule has 2 rings (SSSR count). The number of imide groups is 1. The van der Waals surface area contributed by atoms with E-state index >= 15 is 0 Å². The number of carbonyl (C=O) groups is 4. The van der Waals surface area contributed by atoms with Crippen LogP contribution in [0.4, 0.5) is 5.69 Å². The Bertz CT molecular complexity index is 750. The first-order valence-electron chi connectivity index (χ1n) is 5.72. The molecule has 0 radical (unpaired) electrons. The zero-order valence-corrected chi connectivity index (χ0v) is 11.3. The van der Waals surface area contributed by atoms with Crippen molar-refractivity contribution in [1.29, 1.82) is 0 Å². The molecule has 2 amide bonds. The summed E-state index contributed by atoms with van der Waals surface area (Å²) in [6, 6.07) is 2.11. The fraction of sp³-hybridized carbons (Fsp3) is 0.167. The number of aldehydes is 2. The van der Waals surface area contributed by atoms with Gasteiger partial charge in [-0.05, 0) is 12.1 Å². The summed E-state index contributed by atoms with van der Waals surface area (Å²) in [5, 5.41) is 0. The third-order valence-corrected chi connectivity index (χ3v) is 3.93. The topological polar surface area (TPSA) is 126 Å². The van der Waals surface area contributed by atoms with E-state index < -0.39 is 38.1 Å². The molecule has 0 bridgehead atoms. The SMILES string of the molecule is O=Cc1ccc(C=O)c(S(=O)(=O)O)c1N1C(=O)CCC1=O. The molecule has 1 aromatic rings. The Morgan fingerprint density at radius 3 is 1.90 bits per heavy atom. The van der Waals surface area contributed by atoms with Crippen LogP contribution in [-0.4, -0.2) is 37.4 Å². The van der Waals surface area contributed by atoms with Crippen molar-refractivity contribution in [2.24, 2.45) is 0 Å².